The first-order valence-electron chi connectivity index (χ1n) is 9.28. The Morgan fingerprint density at radius 3 is 2.56 bits per heavy atom. The summed E-state index contributed by atoms with van der Waals surface area (Å²) in [5.41, 5.74) is 3.91. The lowest BCUT2D eigenvalue weighted by Gasteiger charge is -2.13. The third-order valence-electron chi connectivity index (χ3n) is 4.28. The number of benzene rings is 2. The highest BCUT2D eigenvalue weighted by Crippen LogP contribution is 2.27. The molecule has 0 aliphatic heterocycles. The van der Waals surface area contributed by atoms with E-state index in [9.17, 15) is 4.79 Å². The van der Waals surface area contributed by atoms with Gasteiger partial charge < -0.3 is 10.1 Å². The van der Waals surface area contributed by atoms with Crippen molar-refractivity contribution in [3.05, 3.63) is 59.7 Å². The molecule has 3 aromatic rings. The number of ether oxygens (including phenoxy) is 1. The Hall–Kier alpha value is -2.79. The molecule has 3 rings (SSSR count). The third kappa shape index (κ3) is 4.68. The molecule has 1 amide bonds. The third-order valence-corrected chi connectivity index (χ3v) is 4.28. The largest absolute Gasteiger partial charge is 0.379 e. The Morgan fingerprint density at radius 1 is 1.07 bits per heavy atom. The smallest absolute Gasteiger partial charge is 0.254 e. The van der Waals surface area contributed by atoms with Crippen LogP contribution in [0.15, 0.2) is 48.5 Å². The van der Waals surface area contributed by atoms with Crippen molar-refractivity contribution in [1.82, 2.24) is 15.5 Å². The van der Waals surface area contributed by atoms with Crippen molar-refractivity contribution in [3.63, 3.8) is 0 Å². The zero-order valence-corrected chi connectivity index (χ0v) is 16.0. The highest BCUT2D eigenvalue weighted by Gasteiger charge is 2.18. The number of nitrogens with zero attached hydrogens (tertiary/aromatic N) is 2. The van der Waals surface area contributed by atoms with Crippen LogP contribution in [-0.4, -0.2) is 35.4 Å². The Labute approximate surface area is 159 Å². The minimum Gasteiger partial charge on any atom is -0.379 e. The Balaban J connectivity index is 1.90. The van der Waals surface area contributed by atoms with Crippen LogP contribution in [0.2, 0.25) is 0 Å². The molecule has 1 N–H and O–H groups in total. The van der Waals surface area contributed by atoms with Gasteiger partial charge in [-0.05, 0) is 33.3 Å². The fraction of sp³-hybridized carbons (Fsp3) is 0.318. The van der Waals surface area contributed by atoms with Crippen LogP contribution in [0.1, 0.15) is 36.2 Å². The second kappa shape index (κ2) is 8.73. The summed E-state index contributed by atoms with van der Waals surface area (Å²) in [6, 6.07) is 15.6. The van der Waals surface area contributed by atoms with Crippen molar-refractivity contribution in [2.24, 2.45) is 0 Å². The molecular weight excluding hydrogens is 338 g/mol. The maximum Gasteiger partial charge on any atom is 0.254 e. The fourth-order valence-corrected chi connectivity index (χ4v) is 2.88. The van der Waals surface area contributed by atoms with E-state index in [1.807, 2.05) is 69.3 Å². The molecule has 0 radical (unpaired) electrons. The van der Waals surface area contributed by atoms with E-state index in [1.54, 1.807) is 0 Å². The number of rotatable bonds is 7. The van der Waals surface area contributed by atoms with Gasteiger partial charge >= 0.3 is 0 Å². The van der Waals surface area contributed by atoms with Gasteiger partial charge in [-0.2, -0.15) is 0 Å². The first-order valence-corrected chi connectivity index (χ1v) is 9.28. The van der Waals surface area contributed by atoms with Crippen molar-refractivity contribution in [2.45, 2.75) is 33.3 Å². The van der Waals surface area contributed by atoms with Crippen LogP contribution in [0.3, 0.4) is 0 Å². The van der Waals surface area contributed by atoms with E-state index in [2.05, 4.69) is 15.5 Å². The van der Waals surface area contributed by atoms with Gasteiger partial charge in [0, 0.05) is 24.1 Å². The number of hydrogen-bond acceptors (Lipinski definition) is 4. The van der Waals surface area contributed by atoms with Crippen LogP contribution in [0, 0.1) is 6.92 Å². The maximum absolute atomic E-state index is 13.0. The number of aromatic nitrogens is 2. The molecule has 0 unspecified atom stereocenters. The molecule has 1 heterocycles. The van der Waals surface area contributed by atoms with E-state index in [0.717, 1.165) is 22.9 Å². The van der Waals surface area contributed by atoms with Crippen molar-refractivity contribution >= 4 is 16.8 Å². The lowest BCUT2D eigenvalue weighted by atomic mass is 10.0. The van der Waals surface area contributed by atoms with Crippen LogP contribution in [0.5, 0.6) is 0 Å². The molecule has 0 aliphatic carbocycles. The Kier molecular flexibility index (Phi) is 6.14. The van der Waals surface area contributed by atoms with E-state index >= 15 is 0 Å². The van der Waals surface area contributed by atoms with E-state index in [4.69, 9.17) is 4.74 Å². The zero-order chi connectivity index (χ0) is 19.2. The summed E-state index contributed by atoms with van der Waals surface area (Å²) in [6.07, 6.45) is 0.961. The number of carbonyl (C=O) groups excluding carboxylic acids is 1. The molecule has 2 aromatic carbocycles. The molecule has 140 valence electrons. The molecular formula is C22H25N3O2. The first-order chi connectivity index (χ1) is 13.1. The number of hydrogen-bond donors (Lipinski definition) is 1. The normalized spacial score (nSPS) is 11.1. The average molecular weight is 363 g/mol. The molecule has 5 heteroatoms. The number of nitrogens with one attached hydrogen (secondary N) is 1. The standard InChI is InChI=1S/C22H25N3O2/c1-15(2)27-14-6-13-23-22(26)20-18-7-4-5-8-19(18)24-25-21(20)17-11-9-16(3)10-12-17/h4-5,7-12,15H,6,13-14H2,1-3H3,(H,23,26). The van der Waals surface area contributed by atoms with E-state index in [1.165, 1.54) is 0 Å². The number of fused-ring (bicyclic) bond motifs is 1. The van der Waals surface area contributed by atoms with Gasteiger partial charge in [-0.25, -0.2) is 0 Å². The van der Waals surface area contributed by atoms with Crippen molar-refractivity contribution in [1.29, 1.82) is 0 Å². The summed E-state index contributed by atoms with van der Waals surface area (Å²) in [5.74, 6) is -0.138. The van der Waals surface area contributed by atoms with Crippen LogP contribution < -0.4 is 5.32 Å². The van der Waals surface area contributed by atoms with Gasteiger partial charge in [0.05, 0.1) is 17.2 Å². The summed E-state index contributed by atoms with van der Waals surface area (Å²) < 4.78 is 5.53. The average Bonchev–Trinajstić information content (AvgIpc) is 2.67. The van der Waals surface area contributed by atoms with Gasteiger partial charge in [-0.1, -0.05) is 48.0 Å². The molecule has 0 bridgehead atoms. The Bertz CT molecular complexity index is 920. The van der Waals surface area contributed by atoms with Gasteiger partial charge in [0.15, 0.2) is 0 Å². The van der Waals surface area contributed by atoms with Crippen molar-refractivity contribution in [3.8, 4) is 11.3 Å². The summed E-state index contributed by atoms with van der Waals surface area (Å²) >= 11 is 0. The summed E-state index contributed by atoms with van der Waals surface area (Å²) in [7, 11) is 0. The molecule has 0 spiro atoms. The van der Waals surface area contributed by atoms with E-state index < -0.39 is 0 Å². The summed E-state index contributed by atoms with van der Waals surface area (Å²) in [6.45, 7) is 7.21. The SMILES string of the molecule is Cc1ccc(-c2nnc3ccccc3c2C(=O)NCCCOC(C)C)cc1. The zero-order valence-electron chi connectivity index (χ0n) is 16.0. The Morgan fingerprint density at radius 2 is 1.81 bits per heavy atom. The minimum absolute atomic E-state index is 0.138. The van der Waals surface area contributed by atoms with Crippen LogP contribution >= 0.6 is 0 Å². The molecule has 5 nitrogen and oxygen atoms in total. The quantitative estimate of drug-likeness (QED) is 0.641. The lowest BCUT2D eigenvalue weighted by Crippen LogP contribution is -2.27. The molecule has 0 aliphatic rings. The van der Waals surface area contributed by atoms with Gasteiger partial charge in [0.2, 0.25) is 0 Å². The second-order valence-corrected chi connectivity index (χ2v) is 6.84. The highest BCUT2D eigenvalue weighted by atomic mass is 16.5. The van der Waals surface area contributed by atoms with Gasteiger partial charge in [0.1, 0.15) is 5.69 Å². The molecule has 0 atom stereocenters. The highest BCUT2D eigenvalue weighted by molar-refractivity contribution is 6.10. The number of carbonyl (C=O) groups is 1. The fourth-order valence-electron chi connectivity index (χ4n) is 2.88. The molecule has 0 fully saturated rings. The van der Waals surface area contributed by atoms with Gasteiger partial charge in [-0.3, -0.25) is 4.79 Å². The molecule has 1 aromatic heterocycles. The monoisotopic (exact) mass is 363 g/mol. The van der Waals surface area contributed by atoms with Crippen LogP contribution in [-0.2, 0) is 4.74 Å². The second-order valence-electron chi connectivity index (χ2n) is 6.84. The van der Waals surface area contributed by atoms with E-state index in [-0.39, 0.29) is 12.0 Å². The summed E-state index contributed by atoms with van der Waals surface area (Å²) in [5, 5.41) is 12.5. The van der Waals surface area contributed by atoms with Crippen LogP contribution in [0.4, 0.5) is 0 Å². The topological polar surface area (TPSA) is 64.1 Å². The predicted octanol–water partition coefficient (Wildman–Crippen LogP) is 4.15. The lowest BCUT2D eigenvalue weighted by molar-refractivity contribution is 0.0757. The van der Waals surface area contributed by atoms with Crippen LogP contribution in [0.25, 0.3) is 22.2 Å². The molecule has 0 saturated heterocycles. The number of amides is 1. The minimum atomic E-state index is -0.138. The number of aryl methyl sites for hydroxylation is 1. The molecule has 27 heavy (non-hydrogen) atoms. The maximum atomic E-state index is 13.0. The van der Waals surface area contributed by atoms with E-state index in [0.29, 0.717) is 29.9 Å². The summed E-state index contributed by atoms with van der Waals surface area (Å²) in [4.78, 5) is 13.0. The van der Waals surface area contributed by atoms with Crippen molar-refractivity contribution < 1.29 is 9.53 Å². The van der Waals surface area contributed by atoms with Gasteiger partial charge in [-0.15, -0.1) is 10.2 Å². The molecule has 0 saturated carbocycles. The first kappa shape index (κ1) is 19.0. The van der Waals surface area contributed by atoms with Crippen molar-refractivity contribution in [2.75, 3.05) is 13.2 Å². The van der Waals surface area contributed by atoms with Gasteiger partial charge in [0.25, 0.3) is 5.91 Å². The predicted molar refractivity (Wildman–Crippen MR) is 108 cm³/mol.